The zero-order valence-corrected chi connectivity index (χ0v) is 9.37. The second-order valence-electron chi connectivity index (χ2n) is 3.74. The first-order valence-corrected chi connectivity index (χ1v) is 6.12. The number of Topliss-reactive ketones (excluding diaryl/α,β-unsaturated/α-hetero) is 1. The van der Waals surface area contributed by atoms with Gasteiger partial charge in [-0.15, -0.1) is 0 Å². The third-order valence-corrected chi connectivity index (χ3v) is 3.17. The van der Waals surface area contributed by atoms with Crippen LogP contribution in [0.3, 0.4) is 0 Å². The van der Waals surface area contributed by atoms with E-state index in [1.807, 2.05) is 0 Å². The van der Waals surface area contributed by atoms with Gasteiger partial charge in [0.25, 0.3) is 0 Å². The number of rotatable bonds is 4. The van der Waals surface area contributed by atoms with Gasteiger partial charge in [-0.05, 0) is 6.42 Å². The first-order chi connectivity index (χ1) is 7.64. The predicted molar refractivity (Wildman–Crippen MR) is 49.8 cm³/mol. The lowest BCUT2D eigenvalue weighted by molar-refractivity contribution is -0.162. The molecule has 0 spiro atoms. The molecule has 1 unspecified atom stereocenters. The van der Waals surface area contributed by atoms with Gasteiger partial charge in [-0.3, -0.25) is 9.35 Å². The number of alkyl halides is 2. The van der Waals surface area contributed by atoms with E-state index in [4.69, 9.17) is 4.55 Å². The monoisotopic (exact) mass is 272 g/mol. The summed E-state index contributed by atoms with van der Waals surface area (Å²) in [6.45, 7) is -0.463. The lowest BCUT2D eigenvalue weighted by atomic mass is 10.1. The van der Waals surface area contributed by atoms with E-state index in [1.54, 1.807) is 0 Å². The summed E-state index contributed by atoms with van der Waals surface area (Å²) in [5.41, 5.74) is 0. The Morgan fingerprint density at radius 1 is 1.53 bits per heavy atom. The predicted octanol–water partition coefficient (Wildman–Crippen LogP) is 0.379. The summed E-state index contributed by atoms with van der Waals surface area (Å²) in [6.07, 6.45) is 0.811. The van der Waals surface area contributed by atoms with E-state index in [-0.39, 0.29) is 24.5 Å². The van der Waals surface area contributed by atoms with Gasteiger partial charge in [-0.2, -0.15) is 17.2 Å². The average Bonchev–Trinajstić information content (AvgIpc) is 2.58. The summed E-state index contributed by atoms with van der Waals surface area (Å²) >= 11 is 0. The van der Waals surface area contributed by atoms with Gasteiger partial charge in [-0.1, -0.05) is 0 Å². The summed E-state index contributed by atoms with van der Waals surface area (Å²) in [5, 5.41) is -4.98. The molecule has 1 atom stereocenters. The fourth-order valence-corrected chi connectivity index (χ4v) is 1.69. The molecule has 98 valence electrons. The van der Waals surface area contributed by atoms with Crippen molar-refractivity contribution in [3.8, 4) is 0 Å². The highest BCUT2D eigenvalue weighted by atomic mass is 32.2. The van der Waals surface area contributed by atoms with Gasteiger partial charge in [0.1, 0.15) is 5.78 Å². The Hall–Kier alpha value is -1.09. The molecule has 0 amide bonds. The van der Waals surface area contributed by atoms with Crippen molar-refractivity contribution in [2.75, 3.05) is 6.61 Å². The quantitative estimate of drug-likeness (QED) is 0.587. The van der Waals surface area contributed by atoms with Crippen molar-refractivity contribution in [2.24, 2.45) is 5.92 Å². The number of carbonyl (C=O) groups excluding carboxylic acids is 2. The van der Waals surface area contributed by atoms with Crippen LogP contribution in [0.5, 0.6) is 0 Å². The number of halogens is 2. The van der Waals surface area contributed by atoms with Crippen LogP contribution in [0.15, 0.2) is 0 Å². The van der Waals surface area contributed by atoms with Crippen LogP contribution < -0.4 is 0 Å². The van der Waals surface area contributed by atoms with E-state index in [0.29, 0.717) is 6.42 Å². The first-order valence-electron chi connectivity index (χ1n) is 4.68. The van der Waals surface area contributed by atoms with Gasteiger partial charge >= 0.3 is 21.3 Å². The van der Waals surface area contributed by atoms with Gasteiger partial charge < -0.3 is 4.74 Å². The number of carbonyl (C=O) groups is 2. The Morgan fingerprint density at radius 3 is 2.53 bits per heavy atom. The minimum atomic E-state index is -5.83. The Labute approximate surface area is 95.7 Å². The molecule has 17 heavy (non-hydrogen) atoms. The highest BCUT2D eigenvalue weighted by Gasteiger charge is 2.54. The van der Waals surface area contributed by atoms with E-state index in [1.165, 1.54) is 0 Å². The maximum atomic E-state index is 12.7. The molecule has 0 radical (unpaired) electrons. The average molecular weight is 272 g/mol. The van der Waals surface area contributed by atoms with Crippen LogP contribution in [0, 0.1) is 5.92 Å². The van der Waals surface area contributed by atoms with E-state index >= 15 is 0 Å². The van der Waals surface area contributed by atoms with Gasteiger partial charge in [0, 0.05) is 18.8 Å². The van der Waals surface area contributed by atoms with Crippen LogP contribution in [0.2, 0.25) is 0 Å². The fourth-order valence-electron chi connectivity index (χ4n) is 1.42. The number of hydrogen-bond acceptors (Lipinski definition) is 5. The smallest absolute Gasteiger partial charge is 0.460 e. The Morgan fingerprint density at radius 2 is 2.12 bits per heavy atom. The minimum Gasteiger partial charge on any atom is -0.460 e. The molecule has 0 saturated heterocycles. The Balaban J connectivity index is 2.53. The van der Waals surface area contributed by atoms with Crippen molar-refractivity contribution in [1.82, 2.24) is 0 Å². The standard InChI is InChI=1S/C8H10F2O6S/c9-8(10,17(13,14)15)7(12)16-4-5-1-2-6(11)3-5/h5H,1-4H2,(H,13,14,15). The molecule has 6 nitrogen and oxygen atoms in total. The van der Waals surface area contributed by atoms with Crippen LogP contribution in [0.25, 0.3) is 0 Å². The third kappa shape index (κ3) is 3.19. The molecule has 0 aromatic rings. The molecule has 1 saturated carbocycles. The topological polar surface area (TPSA) is 97.7 Å². The van der Waals surface area contributed by atoms with Crippen molar-refractivity contribution in [3.05, 3.63) is 0 Å². The molecule has 9 heteroatoms. The second-order valence-corrected chi connectivity index (χ2v) is 5.20. The number of hydrogen-bond donors (Lipinski definition) is 1. The lowest BCUT2D eigenvalue weighted by Crippen LogP contribution is -2.39. The van der Waals surface area contributed by atoms with Crippen molar-refractivity contribution in [3.63, 3.8) is 0 Å². The van der Waals surface area contributed by atoms with Crippen LogP contribution in [-0.4, -0.2) is 36.6 Å². The van der Waals surface area contributed by atoms with Crippen molar-refractivity contribution >= 4 is 21.9 Å². The summed E-state index contributed by atoms with van der Waals surface area (Å²) in [7, 11) is -5.83. The van der Waals surface area contributed by atoms with Gasteiger partial charge in [0.15, 0.2) is 0 Å². The SMILES string of the molecule is O=C1CCC(COC(=O)C(F)(F)S(=O)(=O)O)C1. The summed E-state index contributed by atoms with van der Waals surface area (Å²) in [6, 6.07) is 0. The highest BCUT2D eigenvalue weighted by molar-refractivity contribution is 7.87. The van der Waals surface area contributed by atoms with E-state index in [2.05, 4.69) is 4.74 Å². The minimum absolute atomic E-state index is 0.0624. The van der Waals surface area contributed by atoms with E-state index < -0.39 is 27.9 Å². The molecule has 0 bridgehead atoms. The second kappa shape index (κ2) is 4.65. The maximum absolute atomic E-state index is 12.7. The van der Waals surface area contributed by atoms with Crippen LogP contribution >= 0.6 is 0 Å². The zero-order chi connectivity index (χ0) is 13.3. The molecule has 1 fully saturated rings. The first kappa shape index (κ1) is 14.0. The van der Waals surface area contributed by atoms with Crippen LogP contribution in [0.1, 0.15) is 19.3 Å². The Kier molecular flexibility index (Phi) is 3.82. The molecule has 1 N–H and O–H groups in total. The number of ether oxygens (including phenoxy) is 1. The number of ketones is 1. The van der Waals surface area contributed by atoms with Crippen molar-refractivity contribution in [2.45, 2.75) is 24.5 Å². The molecule has 0 aromatic carbocycles. The van der Waals surface area contributed by atoms with Gasteiger partial charge in [-0.25, -0.2) is 4.79 Å². The highest BCUT2D eigenvalue weighted by Crippen LogP contribution is 2.25. The maximum Gasteiger partial charge on any atom is 0.465 e. The molecule has 1 aliphatic rings. The molecule has 0 heterocycles. The molecular weight excluding hydrogens is 262 g/mol. The fraction of sp³-hybridized carbons (Fsp3) is 0.750. The van der Waals surface area contributed by atoms with Crippen molar-refractivity contribution < 1.29 is 36.1 Å². The largest absolute Gasteiger partial charge is 0.465 e. The Bertz CT molecular complexity index is 429. The van der Waals surface area contributed by atoms with Gasteiger partial charge in [0.05, 0.1) is 6.61 Å². The zero-order valence-electron chi connectivity index (χ0n) is 8.56. The van der Waals surface area contributed by atoms with Crippen LogP contribution in [0.4, 0.5) is 8.78 Å². The van der Waals surface area contributed by atoms with Crippen LogP contribution in [-0.2, 0) is 24.4 Å². The molecule has 1 rings (SSSR count). The molecule has 0 aromatic heterocycles. The molecular formula is C8H10F2O6S. The lowest BCUT2D eigenvalue weighted by Gasteiger charge is -2.14. The van der Waals surface area contributed by atoms with E-state index in [0.717, 1.165) is 0 Å². The van der Waals surface area contributed by atoms with Crippen molar-refractivity contribution in [1.29, 1.82) is 0 Å². The molecule has 1 aliphatic carbocycles. The normalized spacial score (nSPS) is 21.6. The summed E-state index contributed by atoms with van der Waals surface area (Å²) in [5.74, 6) is -2.77. The number of esters is 1. The summed E-state index contributed by atoms with van der Waals surface area (Å²) < 4.78 is 58.0. The summed E-state index contributed by atoms with van der Waals surface area (Å²) in [4.78, 5) is 21.6. The van der Waals surface area contributed by atoms with Gasteiger partial charge in [0.2, 0.25) is 0 Å². The molecule has 0 aliphatic heterocycles. The van der Waals surface area contributed by atoms with E-state index in [9.17, 15) is 26.8 Å². The third-order valence-electron chi connectivity index (χ3n) is 2.36.